The van der Waals surface area contributed by atoms with Crippen LogP contribution in [0.25, 0.3) is 11.4 Å². The lowest BCUT2D eigenvalue weighted by Gasteiger charge is -2.12. The first-order chi connectivity index (χ1) is 12.6. The van der Waals surface area contributed by atoms with E-state index in [0.717, 1.165) is 16.5 Å². The van der Waals surface area contributed by atoms with Gasteiger partial charge in [0.05, 0.1) is 11.4 Å². The molecule has 0 atom stereocenters. The zero-order chi connectivity index (χ0) is 18.5. The number of imidazole rings is 1. The van der Waals surface area contributed by atoms with Crippen LogP contribution in [0.1, 0.15) is 24.6 Å². The second-order valence-electron chi connectivity index (χ2n) is 5.68. The van der Waals surface area contributed by atoms with Gasteiger partial charge in [-0.3, -0.25) is 13.6 Å². The Labute approximate surface area is 165 Å². The van der Waals surface area contributed by atoms with Crippen LogP contribution in [0.2, 0.25) is 0 Å². The molecule has 1 aromatic heterocycles. The maximum Gasteiger partial charge on any atom is 0.679 e. The van der Waals surface area contributed by atoms with Crippen LogP contribution < -0.4 is 0 Å². The lowest BCUT2D eigenvalue weighted by Crippen LogP contribution is -2.22. The van der Waals surface area contributed by atoms with Crippen molar-refractivity contribution in [2.45, 2.75) is 13.3 Å². The van der Waals surface area contributed by atoms with Gasteiger partial charge in [-0.15, -0.1) is 0 Å². The Balaban J connectivity index is 2.24. The number of benzene rings is 2. The molecule has 0 unspecified atom stereocenters. The van der Waals surface area contributed by atoms with Gasteiger partial charge in [0.2, 0.25) is 0 Å². The summed E-state index contributed by atoms with van der Waals surface area (Å²) in [6, 6.07) is 18.5. The smallest absolute Gasteiger partial charge is 0.306 e. The summed E-state index contributed by atoms with van der Waals surface area (Å²) in [6.45, 7) is 2.58. The van der Waals surface area contributed by atoms with Gasteiger partial charge >= 0.3 is 7.40 Å². The molecule has 0 saturated heterocycles. The molecule has 3 nitrogen and oxygen atoms in total. The summed E-state index contributed by atoms with van der Waals surface area (Å²) in [6.07, 6.45) is 0.835. The number of halogens is 3. The number of nitrogens with zero attached hydrogens (tertiary/aromatic N) is 3. The fraction of sp³-hybridized carbons (Fsp3) is 0.158. The van der Waals surface area contributed by atoms with Gasteiger partial charge in [-0.2, -0.15) is 0 Å². The minimum Gasteiger partial charge on any atom is -0.306 e. The van der Waals surface area contributed by atoms with Gasteiger partial charge in [0, 0.05) is 17.7 Å². The minimum absolute atomic E-state index is 0.250. The molecule has 0 fully saturated rings. The second-order valence-corrected chi connectivity index (χ2v) is 6.71. The monoisotopic (exact) mass is 463 g/mol. The number of hydrogen-bond donors (Lipinski definition) is 0. The topological polar surface area (TPSA) is 30.2 Å². The highest BCUT2D eigenvalue weighted by molar-refractivity contribution is 14.1. The van der Waals surface area contributed by atoms with E-state index in [0.29, 0.717) is 27.2 Å². The molecule has 0 spiro atoms. The Morgan fingerprint density at radius 1 is 1.08 bits per heavy atom. The first kappa shape index (κ1) is 18.8. The molecule has 132 valence electrons. The van der Waals surface area contributed by atoms with Crippen molar-refractivity contribution in [3.63, 3.8) is 0 Å². The summed E-state index contributed by atoms with van der Waals surface area (Å²) >= 11 is 2.01. The minimum atomic E-state index is -2.72. The van der Waals surface area contributed by atoms with E-state index in [1.54, 1.807) is 12.1 Å². The first-order valence-corrected chi connectivity index (χ1v) is 9.43. The molecule has 26 heavy (non-hydrogen) atoms. The summed E-state index contributed by atoms with van der Waals surface area (Å²) in [7, 11) is -2.72. The number of hydrogen-bond acceptors (Lipinski definition) is 2. The fourth-order valence-corrected chi connectivity index (χ4v) is 3.46. The van der Waals surface area contributed by atoms with E-state index in [1.807, 2.05) is 78.0 Å². The van der Waals surface area contributed by atoms with Crippen molar-refractivity contribution in [2.24, 2.45) is 4.99 Å². The van der Waals surface area contributed by atoms with Gasteiger partial charge < -0.3 is 4.48 Å². The van der Waals surface area contributed by atoms with Gasteiger partial charge in [0.15, 0.2) is 0 Å². The SMILES string of the molecule is CCCN=C(c1ccccc1)c1c(I)nc(-c2ccccc2)n1B(F)F. The van der Waals surface area contributed by atoms with Crippen LogP contribution in [0.3, 0.4) is 0 Å². The third-order valence-electron chi connectivity index (χ3n) is 3.86. The Hall–Kier alpha value is -2.03. The van der Waals surface area contributed by atoms with E-state index in [1.165, 1.54) is 0 Å². The number of rotatable bonds is 6. The molecular weight excluding hydrogens is 446 g/mol. The second kappa shape index (κ2) is 8.57. The van der Waals surface area contributed by atoms with Crippen molar-refractivity contribution in [2.75, 3.05) is 6.54 Å². The van der Waals surface area contributed by atoms with Crippen LogP contribution in [0, 0.1) is 3.70 Å². The molecule has 3 aromatic rings. The molecular formula is C19H17BF2IN3. The fourth-order valence-electron chi connectivity index (χ4n) is 2.72. The molecule has 7 heteroatoms. The molecule has 0 radical (unpaired) electrons. The highest BCUT2D eigenvalue weighted by Crippen LogP contribution is 2.27. The van der Waals surface area contributed by atoms with Gasteiger partial charge in [0.1, 0.15) is 9.53 Å². The van der Waals surface area contributed by atoms with Crippen molar-refractivity contribution in [1.82, 2.24) is 9.46 Å². The summed E-state index contributed by atoms with van der Waals surface area (Å²) < 4.78 is 29.6. The van der Waals surface area contributed by atoms with Crippen LogP contribution in [0.5, 0.6) is 0 Å². The van der Waals surface area contributed by atoms with E-state index < -0.39 is 7.40 Å². The standard InChI is InChI=1S/C19H17BF2IN3/c1-2-13-24-16(14-9-5-3-6-10-14)17-18(23)25-19(26(17)20(21)22)15-11-7-4-8-12-15/h3-12H,2,13H2,1H3. The molecule has 1 heterocycles. The summed E-state index contributed by atoms with van der Waals surface area (Å²) in [5, 5.41) is 0. The lowest BCUT2D eigenvalue weighted by atomic mass is 10.0. The Morgan fingerprint density at radius 2 is 1.69 bits per heavy atom. The van der Waals surface area contributed by atoms with E-state index in [9.17, 15) is 8.63 Å². The van der Waals surface area contributed by atoms with Crippen LogP contribution in [0.15, 0.2) is 65.7 Å². The molecule has 2 aromatic carbocycles. The molecule has 0 bridgehead atoms. The van der Waals surface area contributed by atoms with Crippen LogP contribution >= 0.6 is 22.6 Å². The quantitative estimate of drug-likeness (QED) is 0.282. The van der Waals surface area contributed by atoms with Crippen molar-refractivity contribution in [3.05, 3.63) is 75.6 Å². The summed E-state index contributed by atoms with van der Waals surface area (Å²) in [4.78, 5) is 9.06. The highest BCUT2D eigenvalue weighted by atomic mass is 127. The Bertz CT molecular complexity index is 896. The molecule has 0 N–H and O–H groups in total. The van der Waals surface area contributed by atoms with Crippen molar-refractivity contribution < 1.29 is 8.63 Å². The molecule has 0 aliphatic rings. The average Bonchev–Trinajstić information content (AvgIpc) is 3.01. The first-order valence-electron chi connectivity index (χ1n) is 8.35. The third kappa shape index (κ3) is 3.87. The van der Waals surface area contributed by atoms with E-state index in [-0.39, 0.29) is 5.82 Å². The normalized spacial score (nSPS) is 11.6. The summed E-state index contributed by atoms with van der Waals surface area (Å²) in [5.74, 6) is 0.250. The number of aliphatic imine (C=N–C) groups is 1. The van der Waals surface area contributed by atoms with Crippen LogP contribution in [-0.2, 0) is 0 Å². The van der Waals surface area contributed by atoms with E-state index >= 15 is 0 Å². The van der Waals surface area contributed by atoms with Crippen molar-refractivity contribution >= 4 is 35.7 Å². The van der Waals surface area contributed by atoms with Gasteiger partial charge in [-0.1, -0.05) is 67.6 Å². The highest BCUT2D eigenvalue weighted by Gasteiger charge is 2.31. The predicted octanol–water partition coefficient (Wildman–Crippen LogP) is 5.17. The Kier molecular flexibility index (Phi) is 6.18. The number of aromatic nitrogens is 2. The molecule has 0 saturated carbocycles. The molecule has 0 aliphatic carbocycles. The van der Waals surface area contributed by atoms with Gasteiger partial charge in [0.25, 0.3) is 0 Å². The molecule has 0 aliphatic heterocycles. The van der Waals surface area contributed by atoms with E-state index in [2.05, 4.69) is 9.98 Å². The average molecular weight is 463 g/mol. The Morgan fingerprint density at radius 3 is 2.27 bits per heavy atom. The zero-order valence-corrected chi connectivity index (χ0v) is 16.4. The molecule has 3 rings (SSSR count). The van der Waals surface area contributed by atoms with Gasteiger partial charge in [-0.25, -0.2) is 4.98 Å². The summed E-state index contributed by atoms with van der Waals surface area (Å²) in [5.41, 5.74) is 2.37. The van der Waals surface area contributed by atoms with Crippen molar-refractivity contribution in [3.8, 4) is 11.4 Å². The van der Waals surface area contributed by atoms with Gasteiger partial charge in [-0.05, 0) is 29.0 Å². The zero-order valence-electron chi connectivity index (χ0n) is 14.2. The predicted molar refractivity (Wildman–Crippen MR) is 111 cm³/mol. The largest absolute Gasteiger partial charge is 0.679 e. The van der Waals surface area contributed by atoms with Crippen LogP contribution in [0.4, 0.5) is 8.63 Å². The lowest BCUT2D eigenvalue weighted by molar-refractivity contribution is 0.629. The maximum absolute atomic E-state index is 14.0. The van der Waals surface area contributed by atoms with Crippen molar-refractivity contribution in [1.29, 1.82) is 0 Å². The van der Waals surface area contributed by atoms with E-state index in [4.69, 9.17) is 0 Å². The van der Waals surface area contributed by atoms with Crippen LogP contribution in [-0.4, -0.2) is 29.1 Å². The third-order valence-corrected chi connectivity index (χ3v) is 4.61. The molecule has 0 amide bonds. The maximum atomic E-state index is 14.0.